The molecular weight excluding hydrogens is 202 g/mol. The SMILES string of the molecule is OCC1CCCN1c1ncc(F)cc1F. The quantitative estimate of drug-likeness (QED) is 0.806. The zero-order valence-electron chi connectivity index (χ0n) is 8.16. The van der Waals surface area contributed by atoms with Crippen LogP contribution < -0.4 is 4.90 Å². The second-order valence-corrected chi connectivity index (χ2v) is 3.63. The lowest BCUT2D eigenvalue weighted by molar-refractivity contribution is 0.265. The third-order valence-corrected chi connectivity index (χ3v) is 2.65. The van der Waals surface area contributed by atoms with E-state index in [1.165, 1.54) is 0 Å². The van der Waals surface area contributed by atoms with Crippen molar-refractivity contribution in [2.75, 3.05) is 18.1 Å². The molecule has 15 heavy (non-hydrogen) atoms. The number of hydrogen-bond donors (Lipinski definition) is 1. The highest BCUT2D eigenvalue weighted by molar-refractivity contribution is 5.42. The Hall–Kier alpha value is -1.23. The Balaban J connectivity index is 2.28. The largest absolute Gasteiger partial charge is 0.394 e. The number of rotatable bonds is 2. The Kier molecular flexibility index (Phi) is 2.81. The number of hydrogen-bond acceptors (Lipinski definition) is 3. The van der Waals surface area contributed by atoms with E-state index < -0.39 is 11.6 Å². The van der Waals surface area contributed by atoms with E-state index in [0.717, 1.165) is 25.1 Å². The molecule has 0 aromatic carbocycles. The van der Waals surface area contributed by atoms with E-state index in [1.54, 1.807) is 4.90 Å². The van der Waals surface area contributed by atoms with Crippen LogP contribution in [0.5, 0.6) is 0 Å². The summed E-state index contributed by atoms with van der Waals surface area (Å²) < 4.78 is 26.0. The van der Waals surface area contributed by atoms with Crippen LogP contribution >= 0.6 is 0 Å². The number of pyridine rings is 1. The lowest BCUT2D eigenvalue weighted by Gasteiger charge is -2.24. The zero-order valence-corrected chi connectivity index (χ0v) is 8.16. The molecule has 5 heteroatoms. The molecule has 82 valence electrons. The lowest BCUT2D eigenvalue weighted by atomic mass is 10.2. The molecule has 0 bridgehead atoms. The third-order valence-electron chi connectivity index (χ3n) is 2.65. The molecule has 1 aliphatic rings. The molecule has 1 aromatic heterocycles. The summed E-state index contributed by atoms with van der Waals surface area (Å²) in [5, 5.41) is 9.08. The molecule has 0 saturated carbocycles. The first-order valence-corrected chi connectivity index (χ1v) is 4.91. The summed E-state index contributed by atoms with van der Waals surface area (Å²) >= 11 is 0. The van der Waals surface area contributed by atoms with Gasteiger partial charge in [0, 0.05) is 12.6 Å². The van der Waals surface area contributed by atoms with Gasteiger partial charge in [0.05, 0.1) is 18.8 Å². The van der Waals surface area contributed by atoms with Gasteiger partial charge >= 0.3 is 0 Å². The van der Waals surface area contributed by atoms with Crippen LogP contribution in [0.4, 0.5) is 14.6 Å². The molecule has 1 unspecified atom stereocenters. The number of aliphatic hydroxyl groups excluding tert-OH is 1. The van der Waals surface area contributed by atoms with Crippen molar-refractivity contribution in [3.63, 3.8) is 0 Å². The van der Waals surface area contributed by atoms with Crippen LogP contribution in [0.1, 0.15) is 12.8 Å². The Bertz CT molecular complexity index is 359. The van der Waals surface area contributed by atoms with Crippen molar-refractivity contribution in [3.8, 4) is 0 Å². The van der Waals surface area contributed by atoms with E-state index >= 15 is 0 Å². The predicted molar refractivity (Wildman–Crippen MR) is 51.6 cm³/mol. The van der Waals surface area contributed by atoms with Crippen molar-refractivity contribution < 1.29 is 13.9 Å². The van der Waals surface area contributed by atoms with Crippen molar-refractivity contribution in [2.24, 2.45) is 0 Å². The van der Waals surface area contributed by atoms with Crippen molar-refractivity contribution in [1.82, 2.24) is 4.98 Å². The van der Waals surface area contributed by atoms with Crippen molar-refractivity contribution >= 4 is 5.82 Å². The summed E-state index contributed by atoms with van der Waals surface area (Å²) in [5.41, 5.74) is 0. The van der Waals surface area contributed by atoms with Gasteiger partial charge in [-0.3, -0.25) is 0 Å². The average Bonchev–Trinajstić information content (AvgIpc) is 2.65. The van der Waals surface area contributed by atoms with Gasteiger partial charge in [0.15, 0.2) is 11.6 Å². The highest BCUT2D eigenvalue weighted by Crippen LogP contribution is 2.25. The van der Waals surface area contributed by atoms with Gasteiger partial charge < -0.3 is 10.0 Å². The van der Waals surface area contributed by atoms with Gasteiger partial charge in [-0.25, -0.2) is 13.8 Å². The van der Waals surface area contributed by atoms with Gasteiger partial charge in [0.2, 0.25) is 0 Å². The van der Waals surface area contributed by atoms with E-state index in [-0.39, 0.29) is 18.5 Å². The number of aromatic nitrogens is 1. The maximum absolute atomic E-state index is 13.4. The molecule has 0 radical (unpaired) electrons. The molecular formula is C10H12F2N2O. The van der Waals surface area contributed by atoms with Gasteiger partial charge in [0.1, 0.15) is 5.82 Å². The average molecular weight is 214 g/mol. The molecule has 2 heterocycles. The van der Waals surface area contributed by atoms with Crippen LogP contribution in [0.2, 0.25) is 0 Å². The number of anilines is 1. The highest BCUT2D eigenvalue weighted by atomic mass is 19.1. The topological polar surface area (TPSA) is 36.4 Å². The second kappa shape index (κ2) is 4.10. The fourth-order valence-electron chi connectivity index (χ4n) is 1.92. The van der Waals surface area contributed by atoms with Gasteiger partial charge in [-0.15, -0.1) is 0 Å². The van der Waals surface area contributed by atoms with Crippen LogP contribution in [0.3, 0.4) is 0 Å². The van der Waals surface area contributed by atoms with Gasteiger partial charge in [-0.05, 0) is 12.8 Å². The molecule has 0 amide bonds. The van der Waals surface area contributed by atoms with Crippen LogP contribution in [-0.2, 0) is 0 Å². The van der Waals surface area contributed by atoms with E-state index in [2.05, 4.69) is 4.98 Å². The minimum atomic E-state index is -0.684. The highest BCUT2D eigenvalue weighted by Gasteiger charge is 2.27. The minimum absolute atomic E-state index is 0.0293. The molecule has 0 spiro atoms. The summed E-state index contributed by atoms with van der Waals surface area (Å²) in [6, 6.07) is 0.715. The van der Waals surface area contributed by atoms with Crippen molar-refractivity contribution in [1.29, 1.82) is 0 Å². The summed E-state index contributed by atoms with van der Waals surface area (Å²) in [6.07, 6.45) is 2.70. The number of halogens is 2. The number of aliphatic hydroxyl groups is 1. The maximum Gasteiger partial charge on any atom is 0.168 e. The fourth-order valence-corrected chi connectivity index (χ4v) is 1.92. The standard InChI is InChI=1S/C10H12F2N2O/c11-7-4-9(12)10(13-5-7)14-3-1-2-8(14)6-15/h4-5,8,15H,1-3,6H2. The number of nitrogens with zero attached hydrogens (tertiary/aromatic N) is 2. The first kappa shape index (κ1) is 10.3. The minimum Gasteiger partial charge on any atom is -0.394 e. The van der Waals surface area contributed by atoms with Crippen LogP contribution in [0.25, 0.3) is 0 Å². The summed E-state index contributed by atoms with van der Waals surface area (Å²) in [7, 11) is 0. The van der Waals surface area contributed by atoms with E-state index in [4.69, 9.17) is 5.11 Å². The molecule has 2 rings (SSSR count). The Morgan fingerprint density at radius 2 is 2.33 bits per heavy atom. The molecule has 1 aliphatic heterocycles. The molecule has 1 atom stereocenters. The molecule has 1 saturated heterocycles. The monoisotopic (exact) mass is 214 g/mol. The van der Waals surface area contributed by atoms with Crippen LogP contribution in [-0.4, -0.2) is 29.3 Å². The second-order valence-electron chi connectivity index (χ2n) is 3.63. The van der Waals surface area contributed by atoms with Crippen molar-refractivity contribution in [3.05, 3.63) is 23.9 Å². The molecule has 1 N–H and O–H groups in total. The van der Waals surface area contributed by atoms with E-state index in [1.807, 2.05) is 0 Å². The molecule has 0 aliphatic carbocycles. The van der Waals surface area contributed by atoms with Crippen LogP contribution in [0.15, 0.2) is 12.3 Å². The summed E-state index contributed by atoms with van der Waals surface area (Å²) in [5.74, 6) is -1.22. The first-order valence-electron chi connectivity index (χ1n) is 4.91. The van der Waals surface area contributed by atoms with Crippen molar-refractivity contribution in [2.45, 2.75) is 18.9 Å². The summed E-state index contributed by atoms with van der Waals surface area (Å²) in [6.45, 7) is 0.624. The lowest BCUT2D eigenvalue weighted by Crippen LogP contribution is -2.33. The predicted octanol–water partition coefficient (Wildman–Crippen LogP) is 1.32. The Labute approximate surface area is 86.4 Å². The third kappa shape index (κ3) is 1.92. The van der Waals surface area contributed by atoms with Gasteiger partial charge in [-0.1, -0.05) is 0 Å². The smallest absolute Gasteiger partial charge is 0.168 e. The summed E-state index contributed by atoms with van der Waals surface area (Å²) in [4.78, 5) is 5.41. The van der Waals surface area contributed by atoms with Crippen LogP contribution in [0, 0.1) is 11.6 Å². The Morgan fingerprint density at radius 1 is 1.53 bits per heavy atom. The molecule has 3 nitrogen and oxygen atoms in total. The maximum atomic E-state index is 13.4. The zero-order chi connectivity index (χ0) is 10.8. The van der Waals surface area contributed by atoms with Gasteiger partial charge in [0.25, 0.3) is 0 Å². The molecule has 1 aromatic rings. The van der Waals surface area contributed by atoms with Gasteiger partial charge in [-0.2, -0.15) is 0 Å². The Morgan fingerprint density at radius 3 is 3.00 bits per heavy atom. The first-order chi connectivity index (χ1) is 7.22. The van der Waals surface area contributed by atoms with E-state index in [9.17, 15) is 8.78 Å². The van der Waals surface area contributed by atoms with E-state index in [0.29, 0.717) is 6.54 Å². The molecule has 1 fully saturated rings. The normalized spacial score (nSPS) is 21.0. The fraction of sp³-hybridized carbons (Fsp3) is 0.500.